The van der Waals surface area contributed by atoms with Crippen LogP contribution in [0.25, 0.3) is 11.6 Å². The number of aromatic carboxylic acids is 1. The van der Waals surface area contributed by atoms with Crippen LogP contribution < -0.4 is 0 Å². The lowest BCUT2D eigenvalue weighted by atomic mass is 9.63. The molecule has 0 bridgehead atoms. The zero-order valence-electron chi connectivity index (χ0n) is 17.0. The molecular formula is C24H25F3O2. The number of benzene rings is 2. The van der Waals surface area contributed by atoms with E-state index in [1.54, 1.807) is 6.07 Å². The number of rotatable bonds is 3. The SMILES string of the molecule is CC1(C)CCC(C)(C)c2cc(C=C(c3ccc(C(=O)O)cc3)C(F)(F)F)ccc21. The van der Waals surface area contributed by atoms with Gasteiger partial charge in [-0.05, 0) is 64.1 Å². The van der Waals surface area contributed by atoms with Crippen LogP contribution in [-0.2, 0) is 10.8 Å². The van der Waals surface area contributed by atoms with Gasteiger partial charge in [0.15, 0.2) is 0 Å². The van der Waals surface area contributed by atoms with E-state index < -0.39 is 17.7 Å². The molecule has 0 aromatic heterocycles. The number of carboxylic acids is 1. The lowest BCUT2D eigenvalue weighted by Crippen LogP contribution is -2.33. The monoisotopic (exact) mass is 402 g/mol. The summed E-state index contributed by atoms with van der Waals surface area (Å²) in [5.41, 5.74) is 1.76. The first-order valence-electron chi connectivity index (χ1n) is 9.59. The molecule has 0 saturated carbocycles. The van der Waals surface area contributed by atoms with Crippen molar-refractivity contribution in [3.63, 3.8) is 0 Å². The first kappa shape index (κ1) is 21.2. The van der Waals surface area contributed by atoms with E-state index >= 15 is 0 Å². The van der Waals surface area contributed by atoms with Gasteiger partial charge in [0.25, 0.3) is 0 Å². The average molecular weight is 402 g/mol. The highest BCUT2D eigenvalue weighted by atomic mass is 19.4. The Morgan fingerprint density at radius 3 is 1.93 bits per heavy atom. The number of carbonyl (C=O) groups is 1. The number of fused-ring (bicyclic) bond motifs is 1. The number of hydrogen-bond donors (Lipinski definition) is 1. The Morgan fingerprint density at radius 2 is 1.41 bits per heavy atom. The van der Waals surface area contributed by atoms with Gasteiger partial charge in [-0.15, -0.1) is 0 Å². The van der Waals surface area contributed by atoms with E-state index in [0.29, 0.717) is 5.56 Å². The highest BCUT2D eigenvalue weighted by Gasteiger charge is 2.38. The second-order valence-electron chi connectivity index (χ2n) is 9.01. The van der Waals surface area contributed by atoms with Crippen molar-refractivity contribution in [2.75, 3.05) is 0 Å². The molecule has 0 aliphatic heterocycles. The molecule has 5 heteroatoms. The summed E-state index contributed by atoms with van der Waals surface area (Å²) >= 11 is 0. The van der Waals surface area contributed by atoms with Crippen molar-refractivity contribution in [1.29, 1.82) is 0 Å². The van der Waals surface area contributed by atoms with E-state index in [0.717, 1.165) is 24.5 Å². The number of hydrogen-bond acceptors (Lipinski definition) is 1. The Morgan fingerprint density at radius 1 is 0.897 bits per heavy atom. The quantitative estimate of drug-likeness (QED) is 0.571. The Balaban J connectivity index is 2.11. The molecule has 1 aliphatic rings. The van der Waals surface area contributed by atoms with Crippen molar-refractivity contribution in [2.45, 2.75) is 57.5 Å². The molecule has 3 rings (SSSR count). The average Bonchev–Trinajstić information content (AvgIpc) is 2.63. The second kappa shape index (κ2) is 7.05. The fourth-order valence-electron chi connectivity index (χ4n) is 3.98. The maximum absolute atomic E-state index is 13.8. The fraction of sp³-hybridized carbons (Fsp3) is 0.375. The van der Waals surface area contributed by atoms with E-state index in [9.17, 15) is 18.0 Å². The summed E-state index contributed by atoms with van der Waals surface area (Å²) in [6.45, 7) is 8.59. The molecule has 1 N–H and O–H groups in total. The standard InChI is InChI=1S/C24H25F3O2/c1-22(2)11-12-23(3,4)20-14-15(5-10-18(20)22)13-19(24(25,26)27)16-6-8-17(9-7-16)21(28)29/h5-10,13-14H,11-12H2,1-4H3,(H,28,29). The zero-order chi connectivity index (χ0) is 21.6. The third-order valence-corrected chi connectivity index (χ3v) is 5.94. The lowest BCUT2D eigenvalue weighted by molar-refractivity contribution is -0.0683. The summed E-state index contributed by atoms with van der Waals surface area (Å²) in [4.78, 5) is 11.0. The van der Waals surface area contributed by atoms with Gasteiger partial charge in [-0.2, -0.15) is 13.2 Å². The van der Waals surface area contributed by atoms with Crippen molar-refractivity contribution < 1.29 is 23.1 Å². The molecule has 0 heterocycles. The van der Waals surface area contributed by atoms with Gasteiger partial charge >= 0.3 is 12.1 Å². The number of alkyl halides is 3. The molecule has 0 atom stereocenters. The third-order valence-electron chi connectivity index (χ3n) is 5.94. The van der Waals surface area contributed by atoms with Crippen LogP contribution >= 0.6 is 0 Å². The van der Waals surface area contributed by atoms with E-state index in [-0.39, 0.29) is 22.0 Å². The maximum Gasteiger partial charge on any atom is 0.417 e. The Hall–Kier alpha value is -2.56. The molecule has 0 radical (unpaired) electrons. The van der Waals surface area contributed by atoms with E-state index in [1.807, 2.05) is 12.1 Å². The molecule has 154 valence electrons. The van der Waals surface area contributed by atoms with Gasteiger partial charge in [0.2, 0.25) is 0 Å². The van der Waals surface area contributed by atoms with E-state index in [4.69, 9.17) is 5.11 Å². The number of halogens is 3. The molecule has 29 heavy (non-hydrogen) atoms. The predicted octanol–water partition coefficient (Wildman–Crippen LogP) is 6.84. The van der Waals surface area contributed by atoms with Gasteiger partial charge in [0.1, 0.15) is 0 Å². The highest BCUT2D eigenvalue weighted by Crippen LogP contribution is 2.46. The minimum Gasteiger partial charge on any atom is -0.478 e. The summed E-state index contributed by atoms with van der Waals surface area (Å²) in [6, 6.07) is 10.3. The highest BCUT2D eigenvalue weighted by molar-refractivity contribution is 5.89. The summed E-state index contributed by atoms with van der Waals surface area (Å²) in [6.07, 6.45) is -1.40. The van der Waals surface area contributed by atoms with Crippen LogP contribution in [0.1, 0.15) is 73.1 Å². The van der Waals surface area contributed by atoms with Crippen LogP contribution in [0.5, 0.6) is 0 Å². The summed E-state index contributed by atoms with van der Waals surface area (Å²) < 4.78 is 41.3. The number of allylic oxidation sites excluding steroid dienone is 1. The fourth-order valence-corrected chi connectivity index (χ4v) is 3.98. The lowest BCUT2D eigenvalue weighted by Gasteiger charge is -2.42. The third kappa shape index (κ3) is 4.24. The predicted molar refractivity (Wildman–Crippen MR) is 109 cm³/mol. The molecule has 0 amide bonds. The molecule has 0 saturated heterocycles. The largest absolute Gasteiger partial charge is 0.478 e. The van der Waals surface area contributed by atoms with Crippen LogP contribution in [-0.4, -0.2) is 17.3 Å². The molecule has 0 fully saturated rings. The second-order valence-corrected chi connectivity index (χ2v) is 9.01. The summed E-state index contributed by atoms with van der Waals surface area (Å²) in [5.74, 6) is -1.17. The van der Waals surface area contributed by atoms with Crippen LogP contribution in [0.15, 0.2) is 42.5 Å². The first-order valence-corrected chi connectivity index (χ1v) is 9.59. The molecular weight excluding hydrogens is 377 g/mol. The zero-order valence-corrected chi connectivity index (χ0v) is 17.0. The molecule has 2 nitrogen and oxygen atoms in total. The molecule has 1 aliphatic carbocycles. The molecule has 0 unspecified atom stereocenters. The minimum atomic E-state index is -4.56. The van der Waals surface area contributed by atoms with Crippen molar-refractivity contribution in [1.82, 2.24) is 0 Å². The van der Waals surface area contributed by atoms with Crippen molar-refractivity contribution in [2.24, 2.45) is 0 Å². The summed E-state index contributed by atoms with van der Waals surface area (Å²) in [7, 11) is 0. The van der Waals surface area contributed by atoms with Gasteiger partial charge < -0.3 is 5.11 Å². The van der Waals surface area contributed by atoms with Gasteiger partial charge in [-0.25, -0.2) is 4.79 Å². The van der Waals surface area contributed by atoms with Crippen LogP contribution in [0.2, 0.25) is 0 Å². The van der Waals surface area contributed by atoms with Gasteiger partial charge in [0.05, 0.1) is 11.1 Å². The topological polar surface area (TPSA) is 37.3 Å². The molecule has 0 spiro atoms. The van der Waals surface area contributed by atoms with Crippen molar-refractivity contribution in [3.05, 3.63) is 70.3 Å². The van der Waals surface area contributed by atoms with Gasteiger partial charge in [0, 0.05) is 0 Å². The van der Waals surface area contributed by atoms with E-state index in [2.05, 4.69) is 27.7 Å². The van der Waals surface area contributed by atoms with Crippen molar-refractivity contribution in [3.8, 4) is 0 Å². The maximum atomic E-state index is 13.8. The Kier molecular flexibility index (Phi) is 5.14. The van der Waals surface area contributed by atoms with Crippen LogP contribution in [0.3, 0.4) is 0 Å². The van der Waals surface area contributed by atoms with Crippen LogP contribution in [0, 0.1) is 0 Å². The number of carboxylic acid groups (broad SMARTS) is 1. The van der Waals surface area contributed by atoms with Crippen molar-refractivity contribution >= 4 is 17.6 Å². The Labute approximate surface area is 169 Å². The molecule has 2 aromatic carbocycles. The first-order chi connectivity index (χ1) is 13.3. The van der Waals surface area contributed by atoms with E-state index in [1.165, 1.54) is 29.8 Å². The van der Waals surface area contributed by atoms with Gasteiger partial charge in [-0.3, -0.25) is 0 Å². The summed E-state index contributed by atoms with van der Waals surface area (Å²) in [5, 5.41) is 8.98. The molecule has 2 aromatic rings. The van der Waals surface area contributed by atoms with Gasteiger partial charge in [-0.1, -0.05) is 58.0 Å². The van der Waals surface area contributed by atoms with Crippen LogP contribution in [0.4, 0.5) is 13.2 Å². The minimum absolute atomic E-state index is 0.00732. The Bertz CT molecular complexity index is 965. The normalized spacial score (nSPS) is 18.2. The smallest absolute Gasteiger partial charge is 0.417 e.